The lowest BCUT2D eigenvalue weighted by Crippen LogP contribution is -2.39. The fourth-order valence-electron chi connectivity index (χ4n) is 3.68. The summed E-state index contributed by atoms with van der Waals surface area (Å²) < 4.78 is 5.17. The maximum Gasteiger partial charge on any atom is 0.286 e. The number of ether oxygens (including phenoxy) is 1. The molecule has 3 aromatic rings. The molecule has 32 heavy (non-hydrogen) atoms. The zero-order valence-electron chi connectivity index (χ0n) is 17.6. The zero-order valence-corrected chi connectivity index (χ0v) is 19.2. The number of anilines is 1. The van der Waals surface area contributed by atoms with Crippen LogP contribution in [-0.2, 0) is 11.2 Å². The SMILES string of the molecule is COc1ccc(CC(=O)N2CCCC(c3nnc(C(=O)Nc4cccc(Cl)c4)s3)C2)cc1. The summed E-state index contributed by atoms with van der Waals surface area (Å²) in [7, 11) is 1.62. The third kappa shape index (κ3) is 5.44. The second kappa shape index (κ2) is 10.1. The molecule has 1 N–H and O–H groups in total. The summed E-state index contributed by atoms with van der Waals surface area (Å²) >= 11 is 7.24. The molecule has 0 saturated carbocycles. The van der Waals surface area contributed by atoms with Gasteiger partial charge in [0.25, 0.3) is 5.91 Å². The van der Waals surface area contributed by atoms with Gasteiger partial charge in [-0.05, 0) is 48.7 Å². The van der Waals surface area contributed by atoms with Crippen LogP contribution in [0.4, 0.5) is 5.69 Å². The number of rotatable bonds is 6. The van der Waals surface area contributed by atoms with E-state index in [4.69, 9.17) is 16.3 Å². The molecule has 1 aliphatic heterocycles. The molecule has 1 aliphatic rings. The number of aromatic nitrogens is 2. The minimum Gasteiger partial charge on any atom is -0.497 e. The van der Waals surface area contributed by atoms with Gasteiger partial charge in [0.15, 0.2) is 0 Å². The zero-order chi connectivity index (χ0) is 22.5. The van der Waals surface area contributed by atoms with Gasteiger partial charge in [-0.1, -0.05) is 41.1 Å². The molecule has 1 atom stereocenters. The van der Waals surface area contributed by atoms with Crippen LogP contribution in [0.25, 0.3) is 0 Å². The third-order valence-corrected chi connectivity index (χ3v) is 6.67. The second-order valence-electron chi connectivity index (χ2n) is 7.61. The highest BCUT2D eigenvalue weighted by atomic mass is 35.5. The summed E-state index contributed by atoms with van der Waals surface area (Å²) in [5.74, 6) is 0.613. The van der Waals surface area contributed by atoms with Crippen molar-refractivity contribution in [1.82, 2.24) is 15.1 Å². The predicted octanol–water partition coefficient (Wildman–Crippen LogP) is 4.40. The van der Waals surface area contributed by atoms with Crippen molar-refractivity contribution in [2.24, 2.45) is 0 Å². The van der Waals surface area contributed by atoms with Crippen molar-refractivity contribution < 1.29 is 14.3 Å². The topological polar surface area (TPSA) is 84.4 Å². The Kier molecular flexibility index (Phi) is 7.02. The number of benzene rings is 2. The number of amides is 2. The van der Waals surface area contributed by atoms with Gasteiger partial charge < -0.3 is 15.0 Å². The van der Waals surface area contributed by atoms with Crippen molar-refractivity contribution in [2.45, 2.75) is 25.2 Å². The summed E-state index contributed by atoms with van der Waals surface area (Å²) in [6, 6.07) is 14.5. The largest absolute Gasteiger partial charge is 0.497 e. The summed E-state index contributed by atoms with van der Waals surface area (Å²) in [6.07, 6.45) is 2.15. The Labute approximate surface area is 195 Å². The van der Waals surface area contributed by atoms with Gasteiger partial charge in [-0.3, -0.25) is 9.59 Å². The molecule has 2 heterocycles. The van der Waals surface area contributed by atoms with E-state index in [-0.39, 0.29) is 17.7 Å². The summed E-state index contributed by atoms with van der Waals surface area (Å²) in [6.45, 7) is 1.31. The van der Waals surface area contributed by atoms with Crippen LogP contribution in [0.2, 0.25) is 5.02 Å². The first kappa shape index (κ1) is 22.2. The number of nitrogens with zero attached hydrogens (tertiary/aromatic N) is 3. The van der Waals surface area contributed by atoms with E-state index in [2.05, 4.69) is 15.5 Å². The molecule has 9 heteroatoms. The van der Waals surface area contributed by atoms with Gasteiger partial charge in [0, 0.05) is 29.7 Å². The van der Waals surface area contributed by atoms with E-state index in [1.165, 1.54) is 11.3 Å². The predicted molar refractivity (Wildman–Crippen MR) is 125 cm³/mol. The van der Waals surface area contributed by atoms with Crippen LogP contribution in [-0.4, -0.2) is 47.1 Å². The van der Waals surface area contributed by atoms with E-state index in [0.29, 0.717) is 28.7 Å². The monoisotopic (exact) mass is 470 g/mol. The molecule has 4 rings (SSSR count). The van der Waals surface area contributed by atoms with Gasteiger partial charge in [-0.2, -0.15) is 0 Å². The van der Waals surface area contributed by atoms with E-state index >= 15 is 0 Å². The van der Waals surface area contributed by atoms with Crippen LogP contribution in [0.5, 0.6) is 5.75 Å². The Morgan fingerprint density at radius 3 is 2.78 bits per heavy atom. The minimum absolute atomic E-state index is 0.0776. The van der Waals surface area contributed by atoms with Gasteiger partial charge in [0.05, 0.1) is 13.5 Å². The van der Waals surface area contributed by atoms with Crippen LogP contribution < -0.4 is 10.1 Å². The Morgan fingerprint density at radius 2 is 2.03 bits per heavy atom. The molecule has 1 fully saturated rings. The first-order chi connectivity index (χ1) is 15.5. The summed E-state index contributed by atoms with van der Waals surface area (Å²) in [5.41, 5.74) is 1.56. The Balaban J connectivity index is 1.37. The number of carbonyl (C=O) groups is 2. The molecule has 0 aliphatic carbocycles. The molecule has 1 unspecified atom stereocenters. The molecule has 1 saturated heterocycles. The maximum absolute atomic E-state index is 12.8. The lowest BCUT2D eigenvalue weighted by Gasteiger charge is -2.31. The molecule has 0 spiro atoms. The number of hydrogen-bond acceptors (Lipinski definition) is 6. The average Bonchev–Trinajstić information content (AvgIpc) is 3.30. The van der Waals surface area contributed by atoms with E-state index in [1.807, 2.05) is 29.2 Å². The number of piperidine rings is 1. The van der Waals surface area contributed by atoms with Crippen molar-refractivity contribution >= 4 is 40.4 Å². The average molecular weight is 471 g/mol. The van der Waals surface area contributed by atoms with Crippen LogP contribution >= 0.6 is 22.9 Å². The molecule has 7 nitrogen and oxygen atoms in total. The fraction of sp³-hybridized carbons (Fsp3) is 0.304. The van der Waals surface area contributed by atoms with Crippen LogP contribution in [0, 0.1) is 0 Å². The lowest BCUT2D eigenvalue weighted by atomic mass is 9.98. The highest BCUT2D eigenvalue weighted by Crippen LogP contribution is 2.30. The number of hydrogen-bond donors (Lipinski definition) is 1. The molecular weight excluding hydrogens is 448 g/mol. The lowest BCUT2D eigenvalue weighted by molar-refractivity contribution is -0.131. The Bertz CT molecular complexity index is 1100. The first-order valence-corrected chi connectivity index (χ1v) is 11.5. The highest BCUT2D eigenvalue weighted by Gasteiger charge is 2.28. The van der Waals surface area contributed by atoms with Gasteiger partial charge in [0.2, 0.25) is 10.9 Å². The number of halogens is 1. The van der Waals surface area contributed by atoms with E-state index in [9.17, 15) is 9.59 Å². The molecule has 2 amide bonds. The van der Waals surface area contributed by atoms with Crippen molar-refractivity contribution in [1.29, 1.82) is 0 Å². The smallest absolute Gasteiger partial charge is 0.286 e. The van der Waals surface area contributed by atoms with E-state index < -0.39 is 0 Å². The van der Waals surface area contributed by atoms with E-state index in [1.54, 1.807) is 31.4 Å². The Morgan fingerprint density at radius 1 is 1.22 bits per heavy atom. The van der Waals surface area contributed by atoms with Crippen molar-refractivity contribution in [3.05, 3.63) is 69.1 Å². The second-order valence-corrected chi connectivity index (χ2v) is 9.06. The normalized spacial score (nSPS) is 15.9. The minimum atomic E-state index is -0.320. The standard InChI is InChI=1S/C23H23ClN4O3S/c1-31-19-9-7-15(8-10-19)12-20(29)28-11-3-4-16(14-28)22-26-27-23(32-22)21(30)25-18-6-2-5-17(24)13-18/h2,5-10,13,16H,3-4,11-12,14H2,1H3,(H,25,30). The van der Waals surface area contributed by atoms with Gasteiger partial charge >= 0.3 is 0 Å². The molecule has 1 aromatic heterocycles. The maximum atomic E-state index is 12.8. The van der Waals surface area contributed by atoms with Gasteiger partial charge in [-0.25, -0.2) is 0 Å². The van der Waals surface area contributed by atoms with Crippen LogP contribution in [0.15, 0.2) is 48.5 Å². The van der Waals surface area contributed by atoms with Crippen LogP contribution in [0.3, 0.4) is 0 Å². The molecule has 166 valence electrons. The van der Waals surface area contributed by atoms with Crippen molar-refractivity contribution in [2.75, 3.05) is 25.5 Å². The van der Waals surface area contributed by atoms with E-state index in [0.717, 1.165) is 35.7 Å². The number of methoxy groups -OCH3 is 1. The molecule has 0 radical (unpaired) electrons. The summed E-state index contributed by atoms with van der Waals surface area (Å²) in [4.78, 5) is 27.2. The number of carbonyl (C=O) groups excluding carboxylic acids is 2. The first-order valence-electron chi connectivity index (χ1n) is 10.3. The highest BCUT2D eigenvalue weighted by molar-refractivity contribution is 7.13. The van der Waals surface area contributed by atoms with Crippen LogP contribution in [0.1, 0.15) is 39.1 Å². The summed E-state index contributed by atoms with van der Waals surface area (Å²) in [5, 5.41) is 12.7. The Hall–Kier alpha value is -2.97. The van der Waals surface area contributed by atoms with Crippen molar-refractivity contribution in [3.8, 4) is 5.75 Å². The molecular formula is C23H23ClN4O3S. The number of nitrogens with one attached hydrogen (secondary N) is 1. The van der Waals surface area contributed by atoms with Crippen molar-refractivity contribution in [3.63, 3.8) is 0 Å². The van der Waals surface area contributed by atoms with Gasteiger partial charge in [0.1, 0.15) is 10.8 Å². The number of likely N-dealkylation sites (tertiary alicyclic amines) is 1. The molecule has 0 bridgehead atoms. The quantitative estimate of drug-likeness (QED) is 0.577. The van der Waals surface area contributed by atoms with Gasteiger partial charge in [-0.15, -0.1) is 10.2 Å². The third-order valence-electron chi connectivity index (χ3n) is 5.36. The molecule has 2 aromatic carbocycles. The fourth-order valence-corrected chi connectivity index (χ4v) is 4.73.